The summed E-state index contributed by atoms with van der Waals surface area (Å²) in [5, 5.41) is 12.8. The quantitative estimate of drug-likeness (QED) is 0.471. The van der Waals surface area contributed by atoms with Crippen LogP contribution in [0.4, 0.5) is 0 Å². The zero-order valence-electron chi connectivity index (χ0n) is 16.5. The highest BCUT2D eigenvalue weighted by Gasteiger charge is 2.35. The number of tetrazole rings is 1. The molecule has 0 spiro atoms. The van der Waals surface area contributed by atoms with Crippen LogP contribution in [0.15, 0.2) is 54.6 Å². The number of hydrogen-bond donors (Lipinski definition) is 0. The van der Waals surface area contributed by atoms with Gasteiger partial charge in [-0.25, -0.2) is 4.98 Å². The molecule has 4 aromatic rings. The monoisotopic (exact) mass is 416 g/mol. The summed E-state index contributed by atoms with van der Waals surface area (Å²) >= 11 is 1.66. The molecule has 0 bridgehead atoms. The second kappa shape index (κ2) is 7.79. The lowest BCUT2D eigenvalue weighted by Gasteiger charge is -2.24. The number of hydrogen-bond acceptors (Lipinski definition) is 6. The largest absolute Gasteiger partial charge is 0.328 e. The molecule has 0 N–H and O–H groups in total. The second-order valence-electron chi connectivity index (χ2n) is 7.25. The number of benzene rings is 2. The number of para-hydroxylation sites is 1. The van der Waals surface area contributed by atoms with E-state index in [1.54, 1.807) is 18.3 Å². The SMILES string of the molecule is Cc1nnnn1C(=Cc1ccccc1)C(=O)N1CCCC1c1nc2ccccc2s1. The van der Waals surface area contributed by atoms with Crippen LogP contribution in [-0.4, -0.2) is 42.5 Å². The summed E-state index contributed by atoms with van der Waals surface area (Å²) in [4.78, 5) is 20.4. The van der Waals surface area contributed by atoms with Crippen molar-refractivity contribution < 1.29 is 4.79 Å². The minimum absolute atomic E-state index is 0.0362. The van der Waals surface area contributed by atoms with Gasteiger partial charge in [-0.2, -0.15) is 4.68 Å². The molecule has 1 atom stereocenters. The van der Waals surface area contributed by atoms with Crippen LogP contribution in [0.3, 0.4) is 0 Å². The lowest BCUT2D eigenvalue weighted by molar-refractivity contribution is -0.126. The molecule has 0 aliphatic carbocycles. The Morgan fingerprint density at radius 3 is 2.70 bits per heavy atom. The van der Waals surface area contributed by atoms with E-state index in [0.717, 1.165) is 33.6 Å². The number of carbonyl (C=O) groups is 1. The number of rotatable bonds is 4. The summed E-state index contributed by atoms with van der Waals surface area (Å²) in [6.45, 7) is 2.48. The Morgan fingerprint density at radius 2 is 1.93 bits per heavy atom. The maximum atomic E-state index is 13.7. The van der Waals surface area contributed by atoms with Crippen LogP contribution in [-0.2, 0) is 4.79 Å². The normalized spacial score (nSPS) is 17.0. The van der Waals surface area contributed by atoms with Gasteiger partial charge in [-0.05, 0) is 54.0 Å². The van der Waals surface area contributed by atoms with Crippen LogP contribution in [0.2, 0.25) is 0 Å². The van der Waals surface area contributed by atoms with E-state index in [1.165, 1.54) is 4.68 Å². The molecule has 7 nitrogen and oxygen atoms in total. The first-order valence-corrected chi connectivity index (χ1v) is 10.7. The second-order valence-corrected chi connectivity index (χ2v) is 8.32. The van der Waals surface area contributed by atoms with E-state index >= 15 is 0 Å². The Bertz CT molecular complexity index is 1200. The van der Waals surface area contributed by atoms with Crippen molar-refractivity contribution in [3.05, 3.63) is 71.0 Å². The first kappa shape index (κ1) is 18.6. The first-order valence-electron chi connectivity index (χ1n) is 9.89. The third-order valence-corrected chi connectivity index (χ3v) is 6.42. The zero-order valence-corrected chi connectivity index (χ0v) is 17.3. The molecule has 1 fully saturated rings. The van der Waals surface area contributed by atoms with Crippen molar-refractivity contribution in [3.63, 3.8) is 0 Å². The summed E-state index contributed by atoms with van der Waals surface area (Å²) in [6.07, 6.45) is 3.69. The van der Waals surface area contributed by atoms with Crippen LogP contribution >= 0.6 is 11.3 Å². The van der Waals surface area contributed by atoms with E-state index in [9.17, 15) is 4.79 Å². The summed E-state index contributed by atoms with van der Waals surface area (Å²) in [5.41, 5.74) is 2.34. The predicted octanol–water partition coefficient (Wildman–Crippen LogP) is 3.95. The van der Waals surface area contributed by atoms with Crippen molar-refractivity contribution in [2.24, 2.45) is 0 Å². The molecule has 1 saturated heterocycles. The van der Waals surface area contributed by atoms with E-state index in [4.69, 9.17) is 4.98 Å². The minimum atomic E-state index is -0.0870. The molecule has 0 saturated carbocycles. The number of aromatic nitrogens is 5. The van der Waals surface area contributed by atoms with Crippen molar-refractivity contribution in [2.45, 2.75) is 25.8 Å². The van der Waals surface area contributed by atoms with Crippen LogP contribution in [0.1, 0.15) is 35.3 Å². The molecule has 1 aliphatic rings. The highest BCUT2D eigenvalue weighted by Crippen LogP contribution is 2.37. The van der Waals surface area contributed by atoms with Gasteiger partial charge in [-0.3, -0.25) is 4.79 Å². The standard InChI is InChI=1S/C22H20N6OS/c1-15-24-25-26-28(15)19(14-16-8-3-2-4-9-16)22(29)27-13-7-11-18(27)21-23-17-10-5-6-12-20(17)30-21/h2-6,8-10,12,14,18H,7,11,13H2,1H3. The van der Waals surface area contributed by atoms with E-state index in [0.29, 0.717) is 18.1 Å². The molecule has 8 heteroatoms. The number of amides is 1. The minimum Gasteiger partial charge on any atom is -0.328 e. The first-order chi connectivity index (χ1) is 14.7. The number of thiazole rings is 1. The van der Waals surface area contributed by atoms with Crippen LogP contribution in [0, 0.1) is 6.92 Å². The van der Waals surface area contributed by atoms with Gasteiger partial charge in [0.2, 0.25) is 0 Å². The Morgan fingerprint density at radius 1 is 1.13 bits per heavy atom. The topological polar surface area (TPSA) is 76.8 Å². The number of carbonyl (C=O) groups excluding carboxylic acids is 1. The summed E-state index contributed by atoms with van der Waals surface area (Å²) in [7, 11) is 0. The van der Waals surface area contributed by atoms with Gasteiger partial charge in [0.15, 0.2) is 5.82 Å². The molecule has 150 valence electrons. The number of aryl methyl sites for hydroxylation is 1. The van der Waals surface area contributed by atoms with Crippen molar-refractivity contribution >= 4 is 39.2 Å². The average molecular weight is 417 g/mol. The van der Waals surface area contributed by atoms with E-state index in [2.05, 4.69) is 21.6 Å². The summed E-state index contributed by atoms with van der Waals surface area (Å²) in [5.74, 6) is 0.484. The van der Waals surface area contributed by atoms with Gasteiger partial charge in [0.05, 0.1) is 16.3 Å². The predicted molar refractivity (Wildman–Crippen MR) is 116 cm³/mol. The smallest absolute Gasteiger partial charge is 0.273 e. The van der Waals surface area contributed by atoms with Gasteiger partial charge in [-0.1, -0.05) is 42.5 Å². The fourth-order valence-electron chi connectivity index (χ4n) is 3.82. The van der Waals surface area contributed by atoms with Gasteiger partial charge >= 0.3 is 0 Å². The molecular formula is C22H20N6OS. The summed E-state index contributed by atoms with van der Waals surface area (Å²) < 4.78 is 2.66. The molecule has 0 radical (unpaired) electrons. The number of nitrogens with zero attached hydrogens (tertiary/aromatic N) is 6. The van der Waals surface area contributed by atoms with Crippen molar-refractivity contribution in [3.8, 4) is 0 Å². The van der Waals surface area contributed by atoms with Gasteiger partial charge in [0.1, 0.15) is 10.7 Å². The molecular weight excluding hydrogens is 396 g/mol. The van der Waals surface area contributed by atoms with Crippen LogP contribution in [0.5, 0.6) is 0 Å². The lowest BCUT2D eigenvalue weighted by Crippen LogP contribution is -2.33. The molecule has 3 heterocycles. The molecule has 1 aliphatic heterocycles. The van der Waals surface area contributed by atoms with Gasteiger partial charge in [0.25, 0.3) is 5.91 Å². The van der Waals surface area contributed by atoms with E-state index in [-0.39, 0.29) is 11.9 Å². The lowest BCUT2D eigenvalue weighted by atomic mass is 10.1. The van der Waals surface area contributed by atoms with Crippen LogP contribution < -0.4 is 0 Å². The molecule has 2 aromatic heterocycles. The maximum Gasteiger partial charge on any atom is 0.273 e. The van der Waals surface area contributed by atoms with Crippen LogP contribution in [0.25, 0.3) is 22.0 Å². The Labute approximate surface area is 177 Å². The van der Waals surface area contributed by atoms with Crippen molar-refractivity contribution in [1.82, 2.24) is 30.1 Å². The van der Waals surface area contributed by atoms with Crippen molar-refractivity contribution in [2.75, 3.05) is 6.54 Å². The maximum absolute atomic E-state index is 13.7. The fraction of sp³-hybridized carbons (Fsp3) is 0.227. The Balaban J connectivity index is 1.54. The highest BCUT2D eigenvalue weighted by atomic mass is 32.1. The molecule has 1 amide bonds. The van der Waals surface area contributed by atoms with E-state index < -0.39 is 0 Å². The Kier molecular flexibility index (Phi) is 4.84. The summed E-state index contributed by atoms with van der Waals surface area (Å²) in [6, 6.07) is 17.8. The fourth-order valence-corrected chi connectivity index (χ4v) is 4.94. The van der Waals surface area contributed by atoms with Gasteiger partial charge in [-0.15, -0.1) is 16.4 Å². The third-order valence-electron chi connectivity index (χ3n) is 5.28. The van der Waals surface area contributed by atoms with E-state index in [1.807, 2.05) is 59.5 Å². The molecule has 2 aromatic carbocycles. The zero-order chi connectivity index (χ0) is 20.5. The van der Waals surface area contributed by atoms with Gasteiger partial charge in [0, 0.05) is 6.54 Å². The number of likely N-dealkylation sites (tertiary alicyclic amines) is 1. The molecule has 5 rings (SSSR count). The average Bonchev–Trinajstić information content (AvgIpc) is 3.51. The Hall–Kier alpha value is -3.39. The molecule has 30 heavy (non-hydrogen) atoms. The third kappa shape index (κ3) is 3.39. The van der Waals surface area contributed by atoms with Gasteiger partial charge < -0.3 is 4.90 Å². The van der Waals surface area contributed by atoms with Crippen molar-refractivity contribution in [1.29, 1.82) is 0 Å². The highest BCUT2D eigenvalue weighted by molar-refractivity contribution is 7.18. The number of fused-ring (bicyclic) bond motifs is 1. The molecule has 1 unspecified atom stereocenters.